The number of hydrogen-bond donors (Lipinski definition) is 4. The quantitative estimate of drug-likeness (QED) is 0.108. The van der Waals surface area contributed by atoms with Crippen LogP contribution in [0.15, 0.2) is 31.8 Å². The Hall–Kier alpha value is -4.04. The number of oxime groups is 1. The van der Waals surface area contributed by atoms with Gasteiger partial charge in [0.2, 0.25) is 0 Å². The fourth-order valence-corrected chi connectivity index (χ4v) is 7.37. The zero-order chi connectivity index (χ0) is 27.9. The topological polar surface area (TPSA) is 249 Å². The number of aryl methyl sites for hydroxylation is 1. The molecule has 0 unspecified atom stereocenters. The van der Waals surface area contributed by atoms with Gasteiger partial charge in [0.05, 0.1) is 5.75 Å². The molecule has 4 rings (SSSR count). The monoisotopic (exact) mass is 586 g/mol. The van der Waals surface area contributed by atoms with E-state index in [0.717, 1.165) is 34.9 Å². The van der Waals surface area contributed by atoms with Crippen LogP contribution in [-0.2, 0) is 36.1 Å². The third-order valence-corrected chi connectivity index (χ3v) is 9.05. The molecule has 2 aliphatic heterocycles. The summed E-state index contributed by atoms with van der Waals surface area (Å²) in [6, 6.07) is -1.60. The Labute approximate surface area is 220 Å². The van der Waals surface area contributed by atoms with Crippen LogP contribution in [0, 0.1) is 0 Å². The van der Waals surface area contributed by atoms with Gasteiger partial charge in [-0.15, -0.1) is 16.4 Å². The van der Waals surface area contributed by atoms with Crippen LogP contribution in [0.2, 0.25) is 0 Å². The van der Waals surface area contributed by atoms with E-state index in [1.54, 1.807) is 0 Å². The molecule has 2 aromatic rings. The first-order valence-electron chi connectivity index (χ1n) is 10.3. The van der Waals surface area contributed by atoms with Crippen molar-refractivity contribution in [2.45, 2.75) is 16.6 Å². The van der Waals surface area contributed by atoms with E-state index < -0.39 is 61.9 Å². The molecule has 4 heterocycles. The number of aliphatic carboxylic acids is 1. The average molecular weight is 587 g/mol. The minimum absolute atomic E-state index is 0.0270. The molecule has 20 heteroatoms. The zero-order valence-electron chi connectivity index (χ0n) is 19.4. The number of nitrogens with zero attached hydrogens (tertiary/aromatic N) is 6. The third-order valence-electron chi connectivity index (χ3n) is 5.30. The van der Waals surface area contributed by atoms with Gasteiger partial charge < -0.3 is 26.1 Å². The van der Waals surface area contributed by atoms with Crippen LogP contribution in [0.25, 0.3) is 0 Å². The summed E-state index contributed by atoms with van der Waals surface area (Å²) in [6.45, 7) is 0. The highest BCUT2D eigenvalue weighted by Crippen LogP contribution is 2.38. The maximum atomic E-state index is 13.1. The summed E-state index contributed by atoms with van der Waals surface area (Å²) in [6.07, 6.45) is 0. The number of rotatable bonds is 8. The summed E-state index contributed by atoms with van der Waals surface area (Å²) in [5.74, 6) is -5.40. The van der Waals surface area contributed by atoms with Crippen LogP contribution >= 0.6 is 23.1 Å². The van der Waals surface area contributed by atoms with E-state index in [2.05, 4.69) is 30.4 Å². The Morgan fingerprint density at radius 1 is 1.37 bits per heavy atom. The van der Waals surface area contributed by atoms with E-state index in [-0.39, 0.29) is 33.0 Å². The van der Waals surface area contributed by atoms with Crippen LogP contribution < -0.4 is 16.6 Å². The molecule has 0 aliphatic carbocycles. The minimum atomic E-state index is -4.19. The van der Waals surface area contributed by atoms with E-state index in [1.165, 1.54) is 12.4 Å². The Kier molecular flexibility index (Phi) is 7.12. The maximum absolute atomic E-state index is 13.1. The van der Waals surface area contributed by atoms with Crippen molar-refractivity contribution in [2.75, 3.05) is 24.3 Å². The molecule has 0 spiro atoms. The van der Waals surface area contributed by atoms with Crippen LogP contribution in [0.1, 0.15) is 5.69 Å². The van der Waals surface area contributed by atoms with Gasteiger partial charge in [0.25, 0.3) is 17.7 Å². The van der Waals surface area contributed by atoms with Gasteiger partial charge >= 0.3 is 11.5 Å². The summed E-state index contributed by atoms with van der Waals surface area (Å²) in [7, 11) is -1.66. The molecule has 38 heavy (non-hydrogen) atoms. The number of nitrogens with two attached hydrogens (primary N) is 1. The van der Waals surface area contributed by atoms with Gasteiger partial charge in [-0.25, -0.2) is 22.9 Å². The highest BCUT2D eigenvalue weighted by Gasteiger charge is 2.60. The van der Waals surface area contributed by atoms with Crippen molar-refractivity contribution in [3.63, 3.8) is 0 Å². The number of carboxylic acid groups (broad SMARTS) is 1. The molecule has 5 N–H and O–H groups in total. The Bertz CT molecular complexity index is 1580. The van der Waals surface area contributed by atoms with Crippen molar-refractivity contribution in [3.05, 3.63) is 32.7 Å². The number of nitrogen functional groups attached to an aromatic ring is 1. The Morgan fingerprint density at radius 2 is 2.08 bits per heavy atom. The Morgan fingerprint density at radius 3 is 2.68 bits per heavy atom. The number of thiazole rings is 1. The van der Waals surface area contributed by atoms with E-state index in [1.807, 2.05) is 0 Å². The zero-order valence-corrected chi connectivity index (χ0v) is 21.8. The lowest BCUT2D eigenvalue weighted by Crippen LogP contribution is -2.75. The molecule has 1 fully saturated rings. The first kappa shape index (κ1) is 27.0. The summed E-state index contributed by atoms with van der Waals surface area (Å²) >= 11 is 1.79. The minimum Gasteiger partial charge on any atom is -0.488 e. The van der Waals surface area contributed by atoms with Crippen molar-refractivity contribution >= 4 is 61.6 Å². The number of amides is 2. The number of aromatic nitrogens is 4. The van der Waals surface area contributed by atoms with Gasteiger partial charge in [-0.05, 0) is 5.57 Å². The van der Waals surface area contributed by atoms with Gasteiger partial charge in [0, 0.05) is 18.2 Å². The predicted octanol–water partition coefficient (Wildman–Crippen LogP) is -2.52. The molecule has 1 saturated heterocycles. The first-order valence-corrected chi connectivity index (χ1v) is 13.8. The number of carbonyl (C=O) groups is 3. The molecule has 0 aromatic carbocycles. The van der Waals surface area contributed by atoms with Crippen molar-refractivity contribution in [1.82, 2.24) is 30.0 Å². The SMILES string of the molecule is CON=C(C(=O)N[C@@H]1C(=O)N2C(C(=O)O)=C(CSc3nc(=O)c(O)nn3C)CS(=O)(=O)[C@H]12)c1csc(N)n1. The Balaban J connectivity index is 1.61. The van der Waals surface area contributed by atoms with Gasteiger partial charge in [-0.2, -0.15) is 4.98 Å². The van der Waals surface area contributed by atoms with Crippen molar-refractivity contribution in [2.24, 2.45) is 12.2 Å². The maximum Gasteiger partial charge on any atom is 0.352 e. The van der Waals surface area contributed by atoms with E-state index in [4.69, 9.17) is 5.73 Å². The molecular weight excluding hydrogens is 568 g/mol. The molecule has 2 amide bonds. The highest BCUT2D eigenvalue weighted by atomic mass is 32.2. The standard InChI is InChI=1S/C18H18N8O9S3/c1-25-18(22-12(28)13(29)23-25)37-3-6-5-38(33,34)15-9(14(30)26(15)10(6)16(31)32)21-11(27)8(24-35-2)7-4-36-17(19)20-7/h4,9,15H,3,5H2,1-2H3,(H2,19,20)(H,21,27)(H,23,29)(H,31,32)/t9-,15-/m1/s1. The van der Waals surface area contributed by atoms with Gasteiger partial charge in [0.1, 0.15) is 24.5 Å². The number of thioether (sulfide) groups is 1. The number of hydrogen-bond acceptors (Lipinski definition) is 15. The van der Waals surface area contributed by atoms with Crippen LogP contribution in [-0.4, -0.2) is 96.8 Å². The van der Waals surface area contributed by atoms with Crippen LogP contribution in [0.5, 0.6) is 5.88 Å². The second-order valence-corrected chi connectivity index (χ2v) is 11.7. The second kappa shape index (κ2) is 10.0. The highest BCUT2D eigenvalue weighted by molar-refractivity contribution is 7.99. The molecule has 0 bridgehead atoms. The smallest absolute Gasteiger partial charge is 0.352 e. The molecule has 17 nitrogen and oxygen atoms in total. The number of fused-ring (bicyclic) bond motifs is 1. The fraction of sp³-hybridized carbons (Fsp3) is 0.333. The van der Waals surface area contributed by atoms with Gasteiger partial charge in [-0.1, -0.05) is 16.9 Å². The molecule has 2 aliphatic rings. The summed E-state index contributed by atoms with van der Waals surface area (Å²) in [5.41, 5.74) is 3.50. The molecule has 0 radical (unpaired) electrons. The lowest BCUT2D eigenvalue weighted by molar-refractivity contribution is -0.150. The van der Waals surface area contributed by atoms with Gasteiger partial charge in [-0.3, -0.25) is 19.3 Å². The average Bonchev–Trinajstić information content (AvgIpc) is 3.26. The lowest BCUT2D eigenvalue weighted by Gasteiger charge is -2.49. The van der Waals surface area contributed by atoms with Crippen molar-refractivity contribution < 1.29 is 37.9 Å². The molecule has 2 atom stereocenters. The van der Waals surface area contributed by atoms with Crippen molar-refractivity contribution in [3.8, 4) is 5.88 Å². The molecule has 2 aromatic heterocycles. The normalized spacial score (nSPS) is 20.5. The second-order valence-electron chi connectivity index (χ2n) is 7.74. The summed E-state index contributed by atoms with van der Waals surface area (Å²) in [4.78, 5) is 62.3. The molecule has 202 valence electrons. The van der Waals surface area contributed by atoms with E-state index >= 15 is 0 Å². The number of carbonyl (C=O) groups excluding carboxylic acids is 2. The lowest BCUT2D eigenvalue weighted by atomic mass is 10.0. The van der Waals surface area contributed by atoms with Gasteiger partial charge in [0.15, 0.2) is 31.2 Å². The van der Waals surface area contributed by atoms with E-state index in [9.17, 15) is 37.8 Å². The van der Waals surface area contributed by atoms with Crippen molar-refractivity contribution in [1.29, 1.82) is 0 Å². The van der Waals surface area contributed by atoms with E-state index in [0.29, 0.717) is 4.90 Å². The largest absolute Gasteiger partial charge is 0.488 e. The number of β-lactam (4-membered cyclic amide) rings is 1. The summed E-state index contributed by atoms with van der Waals surface area (Å²) in [5, 5.41) is 28.4. The van der Waals surface area contributed by atoms with Crippen LogP contribution in [0.4, 0.5) is 5.13 Å². The number of anilines is 1. The third kappa shape index (κ3) is 4.79. The predicted molar refractivity (Wildman–Crippen MR) is 131 cm³/mol. The molecule has 0 saturated carbocycles. The summed E-state index contributed by atoms with van der Waals surface area (Å²) < 4.78 is 27.3. The fourth-order valence-electron chi connectivity index (χ4n) is 3.75. The number of carboxylic acids is 1. The number of nitrogens with one attached hydrogen (secondary N) is 1. The number of sulfone groups is 1. The molecular formula is C18H18N8O9S3. The number of aromatic hydroxyl groups is 1. The first-order chi connectivity index (χ1) is 17.9. The van der Waals surface area contributed by atoms with Crippen LogP contribution in [0.3, 0.4) is 0 Å².